The lowest BCUT2D eigenvalue weighted by atomic mass is 9.95. The molecule has 1 N–H and O–H groups in total. The summed E-state index contributed by atoms with van der Waals surface area (Å²) in [5, 5.41) is 3.16. The monoisotopic (exact) mass is 272 g/mol. The number of carbonyl (C=O) groups is 1. The number of piperidine rings is 1. The minimum absolute atomic E-state index is 0.158. The molecule has 1 fully saturated rings. The second kappa shape index (κ2) is 5.15. The van der Waals surface area contributed by atoms with E-state index in [4.69, 9.17) is 4.98 Å². The summed E-state index contributed by atoms with van der Waals surface area (Å²) in [5.41, 5.74) is 2.14. The Morgan fingerprint density at radius 2 is 2.35 bits per heavy atom. The highest BCUT2D eigenvalue weighted by Gasteiger charge is 2.24. The van der Waals surface area contributed by atoms with Crippen LogP contribution in [-0.4, -0.2) is 40.3 Å². The molecule has 1 aliphatic heterocycles. The van der Waals surface area contributed by atoms with Crippen LogP contribution in [0.1, 0.15) is 31.4 Å². The number of rotatable bonds is 2. The summed E-state index contributed by atoms with van der Waals surface area (Å²) in [5.74, 6) is 1.38. The summed E-state index contributed by atoms with van der Waals surface area (Å²) in [6.07, 6.45) is 6.26. The van der Waals surface area contributed by atoms with Crippen molar-refractivity contribution in [3.05, 3.63) is 30.2 Å². The molecule has 0 radical (unpaired) electrons. The lowest BCUT2D eigenvalue weighted by Gasteiger charge is -2.31. The molecule has 0 unspecified atom stereocenters. The molecule has 0 bridgehead atoms. The Morgan fingerprint density at radius 1 is 1.50 bits per heavy atom. The minimum atomic E-state index is 0.158. The van der Waals surface area contributed by atoms with Crippen molar-refractivity contribution in [3.8, 4) is 0 Å². The normalized spacial score (nSPS) is 19.3. The molecule has 5 heteroatoms. The van der Waals surface area contributed by atoms with Crippen LogP contribution in [0.2, 0.25) is 0 Å². The van der Waals surface area contributed by atoms with E-state index in [2.05, 4.69) is 15.9 Å². The van der Waals surface area contributed by atoms with Gasteiger partial charge in [-0.2, -0.15) is 0 Å². The van der Waals surface area contributed by atoms with Crippen LogP contribution in [0.5, 0.6) is 0 Å². The molecule has 2 aromatic rings. The van der Waals surface area contributed by atoms with Crippen LogP contribution in [0.25, 0.3) is 5.52 Å². The first-order valence-electron chi connectivity index (χ1n) is 7.10. The maximum Gasteiger partial charge on any atom is 0.219 e. The molecule has 106 valence electrons. The number of likely N-dealkylation sites (tertiary alicyclic amines) is 1. The summed E-state index contributed by atoms with van der Waals surface area (Å²) < 4.78 is 2.10. The second-order valence-electron chi connectivity index (χ2n) is 5.37. The second-order valence-corrected chi connectivity index (χ2v) is 5.37. The minimum Gasteiger partial charge on any atom is -0.371 e. The molecule has 3 rings (SSSR count). The zero-order valence-electron chi connectivity index (χ0n) is 12.0. The van der Waals surface area contributed by atoms with E-state index in [-0.39, 0.29) is 5.91 Å². The molecule has 0 aliphatic carbocycles. The summed E-state index contributed by atoms with van der Waals surface area (Å²) in [6.45, 7) is 3.29. The lowest BCUT2D eigenvalue weighted by molar-refractivity contribution is -0.130. The average molecular weight is 272 g/mol. The van der Waals surface area contributed by atoms with E-state index in [1.807, 2.05) is 30.3 Å². The largest absolute Gasteiger partial charge is 0.371 e. The Labute approximate surface area is 118 Å². The predicted octanol–water partition coefficient (Wildman–Crippen LogP) is 2.10. The van der Waals surface area contributed by atoms with Crippen molar-refractivity contribution in [3.63, 3.8) is 0 Å². The summed E-state index contributed by atoms with van der Waals surface area (Å²) >= 11 is 0. The standard InChI is InChI=1S/C15H20N4O/c1-11(20)18-7-3-5-12(9-18)13-10-19-8-4-6-14(19)15(16-2)17-13/h4,6,8,10,12H,3,5,7,9H2,1-2H3,(H,16,17)/t12-/m0/s1. The Morgan fingerprint density at radius 3 is 3.10 bits per heavy atom. The zero-order chi connectivity index (χ0) is 14.1. The lowest BCUT2D eigenvalue weighted by Crippen LogP contribution is -2.37. The van der Waals surface area contributed by atoms with Crippen molar-refractivity contribution in [2.45, 2.75) is 25.7 Å². The molecule has 1 aliphatic rings. The van der Waals surface area contributed by atoms with Gasteiger partial charge in [0.1, 0.15) is 5.82 Å². The van der Waals surface area contributed by atoms with Crippen molar-refractivity contribution in [1.29, 1.82) is 0 Å². The third kappa shape index (κ3) is 2.24. The van der Waals surface area contributed by atoms with E-state index < -0.39 is 0 Å². The summed E-state index contributed by atoms with van der Waals surface area (Å²) in [6, 6.07) is 4.07. The molecule has 2 aromatic heterocycles. The fourth-order valence-corrected chi connectivity index (χ4v) is 2.95. The quantitative estimate of drug-likeness (QED) is 0.911. The highest BCUT2D eigenvalue weighted by Crippen LogP contribution is 2.28. The van der Waals surface area contributed by atoms with Crippen LogP contribution in [-0.2, 0) is 4.79 Å². The number of fused-ring (bicyclic) bond motifs is 1. The van der Waals surface area contributed by atoms with E-state index in [9.17, 15) is 4.79 Å². The van der Waals surface area contributed by atoms with Gasteiger partial charge in [0.2, 0.25) is 5.91 Å². The first-order valence-corrected chi connectivity index (χ1v) is 7.10. The van der Waals surface area contributed by atoms with Crippen molar-refractivity contribution < 1.29 is 4.79 Å². The maximum absolute atomic E-state index is 11.6. The van der Waals surface area contributed by atoms with Crippen molar-refractivity contribution in [1.82, 2.24) is 14.3 Å². The van der Waals surface area contributed by atoms with Crippen molar-refractivity contribution in [2.75, 3.05) is 25.5 Å². The van der Waals surface area contributed by atoms with Gasteiger partial charge < -0.3 is 14.6 Å². The van der Waals surface area contributed by atoms with E-state index >= 15 is 0 Å². The third-order valence-corrected chi connectivity index (χ3v) is 4.06. The van der Waals surface area contributed by atoms with E-state index in [0.29, 0.717) is 5.92 Å². The van der Waals surface area contributed by atoms with Gasteiger partial charge in [-0.15, -0.1) is 0 Å². The SMILES string of the molecule is CNc1nc([C@H]2CCCN(C(C)=O)C2)cn2cccc12. The number of hydrogen-bond donors (Lipinski definition) is 1. The molecule has 1 saturated heterocycles. The number of carbonyl (C=O) groups excluding carboxylic acids is 1. The molecule has 0 spiro atoms. The van der Waals surface area contributed by atoms with Gasteiger partial charge in [-0.05, 0) is 25.0 Å². The van der Waals surface area contributed by atoms with Crippen molar-refractivity contribution >= 4 is 17.2 Å². The fraction of sp³-hybridized carbons (Fsp3) is 0.467. The molecule has 1 atom stereocenters. The van der Waals surface area contributed by atoms with E-state index in [0.717, 1.165) is 43.0 Å². The van der Waals surface area contributed by atoms with Gasteiger partial charge >= 0.3 is 0 Å². The molecule has 5 nitrogen and oxygen atoms in total. The topological polar surface area (TPSA) is 49.6 Å². The smallest absolute Gasteiger partial charge is 0.219 e. The van der Waals surface area contributed by atoms with Crippen LogP contribution < -0.4 is 5.32 Å². The zero-order valence-corrected chi connectivity index (χ0v) is 12.0. The third-order valence-electron chi connectivity index (χ3n) is 4.06. The molecule has 3 heterocycles. The number of anilines is 1. The Bertz CT molecular complexity index is 634. The number of hydrogen-bond acceptors (Lipinski definition) is 3. The van der Waals surface area contributed by atoms with Gasteiger partial charge in [0.15, 0.2) is 0 Å². The fourth-order valence-electron chi connectivity index (χ4n) is 2.95. The van der Waals surface area contributed by atoms with Gasteiger partial charge in [0, 0.05) is 45.4 Å². The van der Waals surface area contributed by atoms with E-state index in [1.165, 1.54) is 0 Å². The molecule has 20 heavy (non-hydrogen) atoms. The average Bonchev–Trinajstić information content (AvgIpc) is 2.94. The molecular weight excluding hydrogens is 252 g/mol. The Kier molecular flexibility index (Phi) is 3.34. The van der Waals surface area contributed by atoms with Gasteiger partial charge in [0.05, 0.1) is 11.2 Å². The Balaban J connectivity index is 1.94. The van der Waals surface area contributed by atoms with Crippen LogP contribution in [0.3, 0.4) is 0 Å². The molecular formula is C15H20N4O. The first-order chi connectivity index (χ1) is 9.69. The number of amides is 1. The number of nitrogens with zero attached hydrogens (tertiary/aromatic N) is 3. The van der Waals surface area contributed by atoms with Crippen LogP contribution in [0.15, 0.2) is 24.5 Å². The number of aromatic nitrogens is 2. The van der Waals surface area contributed by atoms with E-state index in [1.54, 1.807) is 6.92 Å². The molecule has 0 aromatic carbocycles. The predicted molar refractivity (Wildman–Crippen MR) is 79.0 cm³/mol. The first kappa shape index (κ1) is 13.0. The van der Waals surface area contributed by atoms with Crippen LogP contribution >= 0.6 is 0 Å². The maximum atomic E-state index is 11.6. The summed E-state index contributed by atoms with van der Waals surface area (Å²) in [7, 11) is 1.89. The summed E-state index contributed by atoms with van der Waals surface area (Å²) in [4.78, 5) is 18.2. The van der Waals surface area contributed by atoms with Gasteiger partial charge in [-0.25, -0.2) is 4.98 Å². The van der Waals surface area contributed by atoms with Gasteiger partial charge in [-0.3, -0.25) is 4.79 Å². The highest BCUT2D eigenvalue weighted by molar-refractivity contribution is 5.73. The van der Waals surface area contributed by atoms with Crippen LogP contribution in [0, 0.1) is 0 Å². The van der Waals surface area contributed by atoms with Crippen LogP contribution in [0.4, 0.5) is 5.82 Å². The molecule has 0 saturated carbocycles. The van der Waals surface area contributed by atoms with Gasteiger partial charge in [-0.1, -0.05) is 0 Å². The van der Waals surface area contributed by atoms with Gasteiger partial charge in [0.25, 0.3) is 0 Å². The highest BCUT2D eigenvalue weighted by atomic mass is 16.2. The van der Waals surface area contributed by atoms with Crippen molar-refractivity contribution in [2.24, 2.45) is 0 Å². The Hall–Kier alpha value is -2.04. The number of nitrogens with one attached hydrogen (secondary N) is 1. The molecule has 1 amide bonds.